The summed E-state index contributed by atoms with van der Waals surface area (Å²) >= 11 is 5.93. The monoisotopic (exact) mass is 292 g/mol. The number of anilines is 2. The van der Waals surface area contributed by atoms with E-state index >= 15 is 0 Å². The Hall–Kier alpha value is -1.81. The zero-order chi connectivity index (χ0) is 14.5. The number of hydrogen-bond donors (Lipinski definition) is 2. The van der Waals surface area contributed by atoms with Gasteiger partial charge in [-0.25, -0.2) is 0 Å². The Morgan fingerprint density at radius 1 is 1.30 bits per heavy atom. The van der Waals surface area contributed by atoms with E-state index in [4.69, 9.17) is 11.6 Å². The summed E-state index contributed by atoms with van der Waals surface area (Å²) in [5.41, 5.74) is 1.08. The number of benzene rings is 1. The molecule has 0 heterocycles. The van der Waals surface area contributed by atoms with Crippen molar-refractivity contribution in [2.75, 3.05) is 10.6 Å². The van der Waals surface area contributed by atoms with Gasteiger partial charge in [0.25, 0.3) is 0 Å². The lowest BCUT2D eigenvalue weighted by atomic mass is 10.0. The molecule has 1 aliphatic rings. The lowest BCUT2D eigenvalue weighted by molar-refractivity contribution is -0.117. The minimum atomic E-state index is -0.193. The van der Waals surface area contributed by atoms with Gasteiger partial charge in [-0.3, -0.25) is 9.59 Å². The second-order valence-electron chi connectivity index (χ2n) is 4.89. The highest BCUT2D eigenvalue weighted by molar-refractivity contribution is 6.31. The molecule has 0 saturated heterocycles. The van der Waals surface area contributed by atoms with Gasteiger partial charge in [-0.15, -0.1) is 0 Å². The second kappa shape index (κ2) is 6.57. The van der Waals surface area contributed by atoms with Crippen LogP contribution in [0.2, 0.25) is 5.02 Å². The first-order chi connectivity index (χ1) is 9.54. The molecule has 0 aromatic heterocycles. The fraction of sp³-hybridized carbons (Fsp3) is 0.333. The summed E-state index contributed by atoms with van der Waals surface area (Å²) in [7, 11) is 0. The predicted molar refractivity (Wildman–Crippen MR) is 80.9 cm³/mol. The van der Waals surface area contributed by atoms with E-state index in [-0.39, 0.29) is 11.8 Å². The molecular formula is C15H17ClN2O2. The fourth-order valence-electron chi connectivity index (χ4n) is 2.22. The largest absolute Gasteiger partial charge is 0.325 e. The van der Waals surface area contributed by atoms with Crippen LogP contribution >= 0.6 is 11.6 Å². The average molecular weight is 293 g/mol. The molecule has 1 aromatic carbocycles. The maximum Gasteiger partial charge on any atom is 0.225 e. The quantitative estimate of drug-likeness (QED) is 0.833. The Morgan fingerprint density at radius 3 is 2.75 bits per heavy atom. The third-order valence-corrected chi connectivity index (χ3v) is 3.36. The highest BCUT2D eigenvalue weighted by Gasteiger charge is 2.15. The van der Waals surface area contributed by atoms with E-state index in [9.17, 15) is 9.59 Å². The van der Waals surface area contributed by atoms with E-state index < -0.39 is 0 Å². The number of carbonyl (C=O) groups is 2. The molecule has 0 unspecified atom stereocenters. The van der Waals surface area contributed by atoms with Gasteiger partial charge in [0.05, 0.1) is 11.4 Å². The summed E-state index contributed by atoms with van der Waals surface area (Å²) in [6.45, 7) is 1.42. The Morgan fingerprint density at radius 2 is 2.10 bits per heavy atom. The molecule has 20 heavy (non-hydrogen) atoms. The lowest BCUT2D eigenvalue weighted by Gasteiger charge is -2.13. The SMILES string of the molecule is CC(=O)Nc1ccc(Cl)cc1NC(=O)C[C@H]1C=CCC1. The molecule has 0 bridgehead atoms. The number of halogens is 1. The van der Waals surface area contributed by atoms with Gasteiger partial charge in [-0.1, -0.05) is 23.8 Å². The van der Waals surface area contributed by atoms with Crippen molar-refractivity contribution in [2.24, 2.45) is 5.92 Å². The first-order valence-corrected chi connectivity index (χ1v) is 6.96. The van der Waals surface area contributed by atoms with Crippen molar-refractivity contribution in [1.82, 2.24) is 0 Å². The summed E-state index contributed by atoms with van der Waals surface area (Å²) in [4.78, 5) is 23.2. The number of carbonyl (C=O) groups excluding carboxylic acids is 2. The van der Waals surface area contributed by atoms with Crippen molar-refractivity contribution in [3.63, 3.8) is 0 Å². The van der Waals surface area contributed by atoms with Crippen LogP contribution in [0.1, 0.15) is 26.2 Å². The molecule has 5 heteroatoms. The van der Waals surface area contributed by atoms with Crippen LogP contribution < -0.4 is 10.6 Å². The maximum absolute atomic E-state index is 12.0. The van der Waals surface area contributed by atoms with Gasteiger partial charge in [0.2, 0.25) is 11.8 Å². The fourth-order valence-corrected chi connectivity index (χ4v) is 2.40. The molecule has 0 fully saturated rings. The summed E-state index contributed by atoms with van der Waals surface area (Å²) in [6.07, 6.45) is 6.67. The van der Waals surface area contributed by atoms with Crippen LogP contribution in [-0.4, -0.2) is 11.8 Å². The molecule has 4 nitrogen and oxygen atoms in total. The zero-order valence-electron chi connectivity index (χ0n) is 11.3. The highest BCUT2D eigenvalue weighted by atomic mass is 35.5. The predicted octanol–water partition coefficient (Wildman–Crippen LogP) is 3.59. The van der Waals surface area contributed by atoms with Crippen LogP contribution in [0, 0.1) is 5.92 Å². The van der Waals surface area contributed by atoms with Gasteiger partial charge < -0.3 is 10.6 Å². The molecule has 0 saturated carbocycles. The van der Waals surface area contributed by atoms with Crippen LogP contribution in [0.25, 0.3) is 0 Å². The number of rotatable bonds is 4. The maximum atomic E-state index is 12.0. The first kappa shape index (κ1) is 14.6. The molecule has 2 amide bonds. The minimum Gasteiger partial charge on any atom is -0.325 e. The van der Waals surface area contributed by atoms with Crippen molar-refractivity contribution >= 4 is 34.8 Å². The van der Waals surface area contributed by atoms with Gasteiger partial charge in [0.1, 0.15) is 0 Å². The highest BCUT2D eigenvalue weighted by Crippen LogP contribution is 2.27. The molecule has 0 radical (unpaired) electrons. The molecule has 2 N–H and O–H groups in total. The minimum absolute atomic E-state index is 0.0737. The molecule has 2 rings (SSSR count). The third-order valence-electron chi connectivity index (χ3n) is 3.13. The van der Waals surface area contributed by atoms with Crippen molar-refractivity contribution in [2.45, 2.75) is 26.2 Å². The Labute approximate surface area is 123 Å². The molecule has 0 spiro atoms. The molecule has 1 atom stereocenters. The van der Waals surface area contributed by atoms with Crippen LogP contribution in [0.5, 0.6) is 0 Å². The van der Waals surface area contributed by atoms with Crippen molar-refractivity contribution in [3.8, 4) is 0 Å². The van der Waals surface area contributed by atoms with E-state index in [1.807, 2.05) is 0 Å². The molecule has 106 valence electrons. The number of allylic oxidation sites excluding steroid dienone is 2. The molecule has 0 aliphatic heterocycles. The van der Waals surface area contributed by atoms with Crippen molar-refractivity contribution in [3.05, 3.63) is 35.4 Å². The third kappa shape index (κ3) is 4.10. The van der Waals surface area contributed by atoms with Crippen LogP contribution in [0.3, 0.4) is 0 Å². The van der Waals surface area contributed by atoms with E-state index in [1.165, 1.54) is 6.92 Å². The van der Waals surface area contributed by atoms with Crippen LogP contribution in [0.15, 0.2) is 30.4 Å². The zero-order valence-corrected chi connectivity index (χ0v) is 12.0. The standard InChI is InChI=1S/C15H17ClN2O2/c1-10(19)17-13-7-6-12(16)9-14(13)18-15(20)8-11-4-2-3-5-11/h2,4,6-7,9,11H,3,5,8H2,1H3,(H,17,19)(H,18,20)/t11-/m0/s1. The molecule has 1 aliphatic carbocycles. The van der Waals surface area contributed by atoms with E-state index in [2.05, 4.69) is 22.8 Å². The van der Waals surface area contributed by atoms with Gasteiger partial charge in [-0.05, 0) is 37.0 Å². The number of hydrogen-bond acceptors (Lipinski definition) is 2. The van der Waals surface area contributed by atoms with Crippen molar-refractivity contribution in [1.29, 1.82) is 0 Å². The lowest BCUT2D eigenvalue weighted by Crippen LogP contribution is -2.17. The van der Waals surface area contributed by atoms with Gasteiger partial charge in [0.15, 0.2) is 0 Å². The van der Waals surface area contributed by atoms with E-state index in [0.717, 1.165) is 12.8 Å². The normalized spacial score (nSPS) is 17.0. The van der Waals surface area contributed by atoms with E-state index in [0.29, 0.717) is 28.7 Å². The first-order valence-electron chi connectivity index (χ1n) is 6.58. The topological polar surface area (TPSA) is 58.2 Å². The Kier molecular flexibility index (Phi) is 4.79. The second-order valence-corrected chi connectivity index (χ2v) is 5.33. The summed E-state index contributed by atoms with van der Waals surface area (Å²) < 4.78 is 0. The van der Waals surface area contributed by atoms with Gasteiger partial charge in [0, 0.05) is 18.4 Å². The van der Waals surface area contributed by atoms with Crippen molar-refractivity contribution < 1.29 is 9.59 Å². The summed E-state index contributed by atoms with van der Waals surface area (Å²) in [6, 6.07) is 4.98. The average Bonchev–Trinajstić information content (AvgIpc) is 2.84. The summed E-state index contributed by atoms with van der Waals surface area (Å²) in [5.74, 6) is 0.0374. The van der Waals surface area contributed by atoms with Gasteiger partial charge >= 0.3 is 0 Å². The number of amides is 2. The molecule has 1 aromatic rings. The Bertz CT molecular complexity index is 555. The van der Waals surface area contributed by atoms with E-state index in [1.54, 1.807) is 18.2 Å². The number of nitrogens with one attached hydrogen (secondary N) is 2. The van der Waals surface area contributed by atoms with Crippen LogP contribution in [-0.2, 0) is 9.59 Å². The van der Waals surface area contributed by atoms with Crippen LogP contribution in [0.4, 0.5) is 11.4 Å². The Balaban J connectivity index is 2.06. The summed E-state index contributed by atoms with van der Waals surface area (Å²) in [5, 5.41) is 5.99. The smallest absolute Gasteiger partial charge is 0.225 e. The molecular weight excluding hydrogens is 276 g/mol. The van der Waals surface area contributed by atoms with Gasteiger partial charge in [-0.2, -0.15) is 0 Å².